The van der Waals surface area contributed by atoms with Gasteiger partial charge in [-0.05, 0) is 29.8 Å². The Hall–Kier alpha value is -2.40. The van der Waals surface area contributed by atoms with Crippen LogP contribution >= 0.6 is 11.6 Å². The van der Waals surface area contributed by atoms with Crippen molar-refractivity contribution >= 4 is 29.2 Å². The number of fused-ring (bicyclic) bond motifs is 1. The highest BCUT2D eigenvalue weighted by Gasteiger charge is 2.31. The summed E-state index contributed by atoms with van der Waals surface area (Å²) in [5.41, 5.74) is 1.46. The average Bonchev–Trinajstić information content (AvgIpc) is 2.51. The van der Waals surface area contributed by atoms with E-state index in [2.05, 4.69) is 5.32 Å². The lowest BCUT2D eigenvalue weighted by molar-refractivity contribution is -0.125. The molecule has 1 heterocycles. The maximum atomic E-state index is 13.4. The lowest BCUT2D eigenvalue weighted by Crippen LogP contribution is -2.37. The molecule has 1 aliphatic rings. The number of amides is 1. The van der Waals surface area contributed by atoms with Gasteiger partial charge in [0.1, 0.15) is 5.82 Å². The number of rotatable bonds is 2. The molecule has 0 bridgehead atoms. The van der Waals surface area contributed by atoms with Crippen molar-refractivity contribution in [3.8, 4) is 0 Å². The summed E-state index contributed by atoms with van der Waals surface area (Å²) in [5.74, 6) is -1.68. The molecular formula is C16H11ClFNO3. The molecule has 0 saturated carbocycles. The van der Waals surface area contributed by atoms with Gasteiger partial charge < -0.3 is 10.1 Å². The van der Waals surface area contributed by atoms with Crippen LogP contribution in [0.1, 0.15) is 15.9 Å². The van der Waals surface area contributed by atoms with Gasteiger partial charge in [-0.15, -0.1) is 0 Å². The highest BCUT2D eigenvalue weighted by Crippen LogP contribution is 2.23. The van der Waals surface area contributed by atoms with Crippen molar-refractivity contribution in [2.24, 2.45) is 0 Å². The van der Waals surface area contributed by atoms with Gasteiger partial charge in [-0.2, -0.15) is 0 Å². The molecule has 1 amide bonds. The molecule has 2 aromatic rings. The second-order valence-electron chi connectivity index (χ2n) is 4.87. The van der Waals surface area contributed by atoms with E-state index in [4.69, 9.17) is 16.3 Å². The number of benzene rings is 2. The Morgan fingerprint density at radius 2 is 2.05 bits per heavy atom. The second kappa shape index (κ2) is 5.77. The van der Waals surface area contributed by atoms with Crippen molar-refractivity contribution in [3.05, 3.63) is 64.4 Å². The van der Waals surface area contributed by atoms with Crippen LogP contribution in [0.15, 0.2) is 42.5 Å². The molecule has 3 rings (SSSR count). The Labute approximate surface area is 130 Å². The third-order valence-corrected chi connectivity index (χ3v) is 3.68. The van der Waals surface area contributed by atoms with E-state index in [9.17, 15) is 14.0 Å². The summed E-state index contributed by atoms with van der Waals surface area (Å²) >= 11 is 5.58. The van der Waals surface area contributed by atoms with E-state index in [-0.39, 0.29) is 17.1 Å². The van der Waals surface area contributed by atoms with Crippen molar-refractivity contribution in [2.75, 3.05) is 5.32 Å². The van der Waals surface area contributed by atoms with Gasteiger partial charge in [0, 0.05) is 12.1 Å². The number of esters is 1. The highest BCUT2D eigenvalue weighted by molar-refractivity contribution is 6.30. The molecule has 1 aliphatic heterocycles. The fraction of sp³-hybridized carbons (Fsp3) is 0.125. The van der Waals surface area contributed by atoms with E-state index in [0.717, 1.165) is 11.6 Å². The zero-order chi connectivity index (χ0) is 15.7. The van der Waals surface area contributed by atoms with Crippen LogP contribution in [-0.2, 0) is 16.0 Å². The van der Waals surface area contributed by atoms with Crippen LogP contribution < -0.4 is 5.32 Å². The molecule has 0 aliphatic carbocycles. The Morgan fingerprint density at radius 3 is 2.82 bits per heavy atom. The van der Waals surface area contributed by atoms with Crippen LogP contribution in [0, 0.1) is 5.82 Å². The van der Waals surface area contributed by atoms with Gasteiger partial charge in [-0.3, -0.25) is 4.79 Å². The number of ether oxygens (including phenoxy) is 1. The maximum absolute atomic E-state index is 13.4. The molecule has 0 aromatic heterocycles. The van der Waals surface area contributed by atoms with Crippen molar-refractivity contribution in [1.82, 2.24) is 0 Å². The first-order chi connectivity index (χ1) is 10.5. The van der Waals surface area contributed by atoms with Gasteiger partial charge in [0.05, 0.1) is 10.6 Å². The Bertz CT molecular complexity index is 763. The minimum absolute atomic E-state index is 0.0315. The van der Waals surface area contributed by atoms with E-state index >= 15 is 0 Å². The van der Waals surface area contributed by atoms with E-state index < -0.39 is 23.8 Å². The van der Waals surface area contributed by atoms with Crippen LogP contribution in [0.2, 0.25) is 5.02 Å². The zero-order valence-electron chi connectivity index (χ0n) is 11.3. The summed E-state index contributed by atoms with van der Waals surface area (Å²) < 4.78 is 18.5. The molecule has 0 saturated heterocycles. The minimum atomic E-state index is -0.943. The number of carbonyl (C=O) groups excluding carboxylic acids is 2. The number of carbonyl (C=O) groups is 2. The molecule has 0 spiro atoms. The van der Waals surface area contributed by atoms with E-state index in [0.29, 0.717) is 5.56 Å². The highest BCUT2D eigenvalue weighted by atomic mass is 35.5. The van der Waals surface area contributed by atoms with Gasteiger partial charge in [0.15, 0.2) is 6.10 Å². The fourth-order valence-corrected chi connectivity index (χ4v) is 2.39. The smallest absolute Gasteiger partial charge is 0.339 e. The zero-order valence-corrected chi connectivity index (χ0v) is 12.1. The number of nitrogens with one attached hydrogen (secondary N) is 1. The van der Waals surface area contributed by atoms with Crippen molar-refractivity contribution in [2.45, 2.75) is 12.5 Å². The average molecular weight is 320 g/mol. The number of halogens is 2. The Kier molecular flexibility index (Phi) is 3.81. The quantitative estimate of drug-likeness (QED) is 0.865. The topological polar surface area (TPSA) is 55.4 Å². The molecule has 0 fully saturated rings. The predicted octanol–water partition coefficient (Wildman–Crippen LogP) is 3.20. The lowest BCUT2D eigenvalue weighted by atomic mass is 9.98. The van der Waals surface area contributed by atoms with Gasteiger partial charge >= 0.3 is 5.97 Å². The molecular weight excluding hydrogens is 309 g/mol. The molecule has 0 unspecified atom stereocenters. The standard InChI is InChI=1S/C16H11ClFNO3/c17-12-6-5-10(8-13(12)18)19-15(20)14-7-9-3-1-2-4-11(9)16(21)22-14/h1-6,8,14H,7H2,(H,19,20)/t14-/m0/s1. The molecule has 0 radical (unpaired) electrons. The summed E-state index contributed by atoms with van der Waals surface area (Å²) in [6.45, 7) is 0. The van der Waals surface area contributed by atoms with Crippen LogP contribution in [0.3, 0.4) is 0 Å². The first kappa shape index (κ1) is 14.5. The van der Waals surface area contributed by atoms with Crippen LogP contribution in [0.5, 0.6) is 0 Å². The third kappa shape index (κ3) is 2.80. The minimum Gasteiger partial charge on any atom is -0.448 e. The van der Waals surface area contributed by atoms with Crippen molar-refractivity contribution in [3.63, 3.8) is 0 Å². The summed E-state index contributed by atoms with van der Waals surface area (Å²) in [7, 11) is 0. The number of hydrogen-bond acceptors (Lipinski definition) is 3. The van der Waals surface area contributed by atoms with Crippen LogP contribution in [0.25, 0.3) is 0 Å². The first-order valence-corrected chi connectivity index (χ1v) is 6.97. The molecule has 1 atom stereocenters. The lowest BCUT2D eigenvalue weighted by Gasteiger charge is -2.23. The van der Waals surface area contributed by atoms with E-state index in [1.54, 1.807) is 24.3 Å². The Morgan fingerprint density at radius 1 is 1.27 bits per heavy atom. The van der Waals surface area contributed by atoms with Gasteiger partial charge in [0.25, 0.3) is 5.91 Å². The maximum Gasteiger partial charge on any atom is 0.339 e. The van der Waals surface area contributed by atoms with E-state index in [1.807, 2.05) is 0 Å². The molecule has 1 N–H and O–H groups in total. The molecule has 6 heteroatoms. The monoisotopic (exact) mass is 319 g/mol. The molecule has 4 nitrogen and oxygen atoms in total. The summed E-state index contributed by atoms with van der Waals surface area (Å²) in [5, 5.41) is 2.48. The van der Waals surface area contributed by atoms with Crippen LogP contribution in [-0.4, -0.2) is 18.0 Å². The molecule has 2 aromatic carbocycles. The SMILES string of the molecule is O=C1O[C@H](C(=O)Nc2ccc(Cl)c(F)c2)Cc2ccccc21. The predicted molar refractivity (Wildman–Crippen MR) is 79.4 cm³/mol. The first-order valence-electron chi connectivity index (χ1n) is 6.59. The third-order valence-electron chi connectivity index (χ3n) is 3.37. The van der Waals surface area contributed by atoms with E-state index in [1.165, 1.54) is 12.1 Å². The molecule has 22 heavy (non-hydrogen) atoms. The second-order valence-corrected chi connectivity index (χ2v) is 5.28. The normalized spacial score (nSPS) is 16.6. The van der Waals surface area contributed by atoms with Gasteiger partial charge in [-0.25, -0.2) is 9.18 Å². The summed E-state index contributed by atoms with van der Waals surface area (Å²) in [4.78, 5) is 24.0. The van der Waals surface area contributed by atoms with Gasteiger partial charge in [-0.1, -0.05) is 29.8 Å². The van der Waals surface area contributed by atoms with Gasteiger partial charge in [0.2, 0.25) is 0 Å². The number of anilines is 1. The molecule has 112 valence electrons. The largest absolute Gasteiger partial charge is 0.448 e. The fourth-order valence-electron chi connectivity index (χ4n) is 2.27. The Balaban J connectivity index is 1.76. The number of cyclic esters (lactones) is 1. The summed E-state index contributed by atoms with van der Waals surface area (Å²) in [6, 6.07) is 10.9. The number of hydrogen-bond donors (Lipinski definition) is 1. The van der Waals surface area contributed by atoms with Crippen molar-refractivity contribution < 1.29 is 18.7 Å². The van der Waals surface area contributed by atoms with Crippen LogP contribution in [0.4, 0.5) is 10.1 Å². The summed E-state index contributed by atoms with van der Waals surface area (Å²) in [6.07, 6.45) is -0.662. The van der Waals surface area contributed by atoms with Crippen molar-refractivity contribution in [1.29, 1.82) is 0 Å².